The van der Waals surface area contributed by atoms with Crippen LogP contribution in [0.3, 0.4) is 0 Å². The molecule has 0 radical (unpaired) electrons. The van der Waals surface area contributed by atoms with Crippen molar-refractivity contribution in [1.82, 2.24) is 29.7 Å². The van der Waals surface area contributed by atoms with Crippen LogP contribution in [0.4, 0.5) is 5.00 Å². The van der Waals surface area contributed by atoms with Gasteiger partial charge in [0.15, 0.2) is 11.7 Å². The van der Waals surface area contributed by atoms with Gasteiger partial charge in [-0.1, -0.05) is 0 Å². The summed E-state index contributed by atoms with van der Waals surface area (Å²) >= 11 is 1.41. The maximum absolute atomic E-state index is 4.89. The van der Waals surface area contributed by atoms with Gasteiger partial charge < -0.3 is 10.6 Å². The Bertz CT molecular complexity index is 1030. The molecule has 2 N–H and O–H groups in total. The molecule has 29 heavy (non-hydrogen) atoms. The van der Waals surface area contributed by atoms with Crippen LogP contribution in [0.2, 0.25) is 0 Å². The largest absolute Gasteiger partial charge is 0.339 e. The third-order valence-corrected chi connectivity index (χ3v) is 6.15. The van der Waals surface area contributed by atoms with Gasteiger partial charge in [0.05, 0.1) is 24.1 Å². The van der Waals surface area contributed by atoms with Crippen LogP contribution < -0.4 is 10.6 Å². The van der Waals surface area contributed by atoms with Crippen molar-refractivity contribution in [3.63, 3.8) is 0 Å². The van der Waals surface area contributed by atoms with Crippen molar-refractivity contribution in [2.75, 3.05) is 19.6 Å². The lowest BCUT2D eigenvalue weighted by Crippen LogP contribution is -2.48. The van der Waals surface area contributed by atoms with Gasteiger partial charge in [-0.25, -0.2) is 4.99 Å². The van der Waals surface area contributed by atoms with Crippen LogP contribution in [0.5, 0.6) is 0 Å². The maximum Gasteiger partial charge on any atom is 0.176 e. The summed E-state index contributed by atoms with van der Waals surface area (Å²) in [4.78, 5) is 11.8. The second-order valence-corrected chi connectivity index (χ2v) is 8.31. The molecule has 0 saturated carbocycles. The van der Waals surface area contributed by atoms with Crippen LogP contribution in [0.1, 0.15) is 24.1 Å². The summed E-state index contributed by atoms with van der Waals surface area (Å²) in [6, 6.07) is 2.01. The topological polar surface area (TPSA) is 82.7 Å². The zero-order chi connectivity index (χ0) is 19.8. The Morgan fingerprint density at radius 3 is 2.86 bits per heavy atom. The lowest BCUT2D eigenvalue weighted by Gasteiger charge is -2.36. The molecule has 150 valence electrons. The number of aliphatic imine (C=N–C) groups is 2. The highest BCUT2D eigenvalue weighted by molar-refractivity contribution is 7.10. The van der Waals surface area contributed by atoms with Gasteiger partial charge in [0.25, 0.3) is 0 Å². The molecule has 1 saturated heterocycles. The van der Waals surface area contributed by atoms with E-state index in [0.29, 0.717) is 12.5 Å². The van der Waals surface area contributed by atoms with Gasteiger partial charge in [0, 0.05) is 36.6 Å². The minimum Gasteiger partial charge on any atom is -0.339 e. The number of hydrogen-bond donors (Lipinski definition) is 2. The van der Waals surface area contributed by atoms with E-state index in [0.717, 1.165) is 59.6 Å². The fourth-order valence-corrected chi connectivity index (χ4v) is 4.58. The molecule has 5 rings (SSSR count). The summed E-state index contributed by atoms with van der Waals surface area (Å²) in [5, 5.41) is 12.3. The van der Waals surface area contributed by atoms with Crippen molar-refractivity contribution in [1.29, 1.82) is 0 Å². The molecule has 0 aliphatic carbocycles. The van der Waals surface area contributed by atoms with E-state index < -0.39 is 0 Å². The first-order valence-corrected chi connectivity index (χ1v) is 10.7. The summed E-state index contributed by atoms with van der Waals surface area (Å²) in [6.45, 7) is 4.68. The third kappa shape index (κ3) is 3.63. The second kappa shape index (κ2) is 7.57. The van der Waals surface area contributed by atoms with Crippen molar-refractivity contribution in [3.8, 4) is 0 Å². The lowest BCUT2D eigenvalue weighted by molar-refractivity contribution is 0.406. The van der Waals surface area contributed by atoms with E-state index in [1.165, 1.54) is 17.2 Å². The Morgan fingerprint density at radius 2 is 2.14 bits per heavy atom. The zero-order valence-electron chi connectivity index (χ0n) is 16.6. The molecule has 8 nitrogen and oxygen atoms in total. The summed E-state index contributed by atoms with van der Waals surface area (Å²) in [7, 11) is 1.94. The molecule has 0 bridgehead atoms. The number of amidine groups is 2. The average molecular weight is 409 g/mol. The quantitative estimate of drug-likeness (QED) is 0.815. The molecule has 1 fully saturated rings. The Labute approximate surface area is 173 Å². The van der Waals surface area contributed by atoms with Crippen molar-refractivity contribution < 1.29 is 0 Å². The fraction of sp³-hybridized carbons (Fsp3) is 0.400. The minimum absolute atomic E-state index is 0.475. The molecule has 0 atom stereocenters. The number of piperidine rings is 1. The fourth-order valence-electron chi connectivity index (χ4n) is 3.93. The highest BCUT2D eigenvalue weighted by atomic mass is 32.1. The minimum atomic E-state index is 0.475. The standard InChI is InChI=1S/C20H24N8S/c1-13-9-18(29-26-13)25-19-20-22-8-5-17(15-10-23-27(2)11-15)28(20)12-16(24-19)14-3-6-21-7-4-14/h5,9-12,14,21H,3-4,6-8H2,1-2H3,(H,24,25). The van der Waals surface area contributed by atoms with E-state index in [9.17, 15) is 0 Å². The van der Waals surface area contributed by atoms with Crippen LogP contribution in [-0.4, -0.2) is 50.4 Å². The van der Waals surface area contributed by atoms with Crippen molar-refractivity contribution in [2.24, 2.45) is 23.0 Å². The molecule has 2 aromatic heterocycles. The van der Waals surface area contributed by atoms with Gasteiger partial charge in [0.1, 0.15) is 5.00 Å². The van der Waals surface area contributed by atoms with Crippen LogP contribution >= 0.6 is 11.5 Å². The number of hydrogen-bond acceptors (Lipinski definition) is 7. The van der Waals surface area contributed by atoms with Gasteiger partial charge in [-0.3, -0.25) is 14.6 Å². The molecule has 0 spiro atoms. The number of fused-ring (bicyclic) bond motifs is 1. The summed E-state index contributed by atoms with van der Waals surface area (Å²) < 4.78 is 6.20. The summed E-state index contributed by atoms with van der Waals surface area (Å²) in [5.74, 6) is 2.11. The molecule has 0 amide bonds. The SMILES string of the molecule is Cc1cc(/N=C2/NC(C3CCNCC3)=CN3C(c4cnn(C)c4)=CCN=C23)sn1. The van der Waals surface area contributed by atoms with Gasteiger partial charge in [-0.2, -0.15) is 9.47 Å². The summed E-state index contributed by atoms with van der Waals surface area (Å²) in [6.07, 6.45) is 10.5. The zero-order valence-corrected chi connectivity index (χ0v) is 17.4. The summed E-state index contributed by atoms with van der Waals surface area (Å²) in [5.41, 5.74) is 4.36. The number of nitrogens with one attached hydrogen (secondary N) is 2. The predicted octanol–water partition coefficient (Wildman–Crippen LogP) is 2.41. The predicted molar refractivity (Wildman–Crippen MR) is 116 cm³/mol. The number of aryl methyl sites for hydroxylation is 2. The van der Waals surface area contributed by atoms with E-state index in [1.807, 2.05) is 37.1 Å². The Morgan fingerprint density at radius 1 is 1.28 bits per heavy atom. The highest BCUT2D eigenvalue weighted by Gasteiger charge is 2.32. The molecule has 3 aliphatic rings. The number of allylic oxidation sites excluding steroid dienone is 1. The lowest BCUT2D eigenvalue weighted by atomic mass is 9.93. The molecule has 5 heterocycles. The average Bonchev–Trinajstić information content (AvgIpc) is 3.36. The van der Waals surface area contributed by atoms with Gasteiger partial charge in [-0.15, -0.1) is 0 Å². The van der Waals surface area contributed by atoms with Crippen molar-refractivity contribution >= 4 is 33.9 Å². The Hall–Kier alpha value is -2.78. The highest BCUT2D eigenvalue weighted by Crippen LogP contribution is 2.31. The smallest absolute Gasteiger partial charge is 0.176 e. The van der Waals surface area contributed by atoms with Crippen LogP contribution in [0.15, 0.2) is 46.4 Å². The molecule has 0 aromatic carbocycles. The van der Waals surface area contributed by atoms with Crippen molar-refractivity contribution in [2.45, 2.75) is 19.8 Å². The molecular weight excluding hydrogens is 384 g/mol. The third-order valence-electron chi connectivity index (χ3n) is 5.37. The van der Waals surface area contributed by atoms with Crippen molar-refractivity contribution in [3.05, 3.63) is 47.7 Å². The van der Waals surface area contributed by atoms with E-state index in [-0.39, 0.29) is 0 Å². The van der Waals surface area contributed by atoms with Gasteiger partial charge >= 0.3 is 0 Å². The normalized spacial score (nSPS) is 21.4. The van der Waals surface area contributed by atoms with E-state index in [2.05, 4.69) is 37.3 Å². The number of aromatic nitrogens is 3. The van der Waals surface area contributed by atoms with Crippen LogP contribution in [0.25, 0.3) is 5.70 Å². The van der Waals surface area contributed by atoms with Crippen LogP contribution in [0, 0.1) is 12.8 Å². The van der Waals surface area contributed by atoms with Gasteiger partial charge in [0.2, 0.25) is 0 Å². The first-order valence-electron chi connectivity index (χ1n) is 9.92. The van der Waals surface area contributed by atoms with E-state index in [1.54, 1.807) is 0 Å². The first-order chi connectivity index (χ1) is 14.2. The van der Waals surface area contributed by atoms with E-state index >= 15 is 0 Å². The molecule has 0 unspecified atom stereocenters. The monoisotopic (exact) mass is 408 g/mol. The van der Waals surface area contributed by atoms with E-state index in [4.69, 9.17) is 9.98 Å². The first kappa shape index (κ1) is 18.3. The molecule has 2 aromatic rings. The molecule has 3 aliphatic heterocycles. The maximum atomic E-state index is 4.89. The Balaban J connectivity index is 1.56. The van der Waals surface area contributed by atoms with Crippen LogP contribution in [-0.2, 0) is 7.05 Å². The number of nitrogens with zero attached hydrogens (tertiary/aromatic N) is 6. The Kier molecular flexibility index (Phi) is 4.76. The van der Waals surface area contributed by atoms with Gasteiger partial charge in [-0.05, 0) is 56.5 Å². The second-order valence-electron chi connectivity index (χ2n) is 7.53. The molecular formula is C20H24N8S. The number of rotatable bonds is 3. The molecule has 9 heteroatoms.